The zero-order chi connectivity index (χ0) is 13.0. The van der Waals surface area contributed by atoms with Crippen LogP contribution in [0.3, 0.4) is 0 Å². The van der Waals surface area contributed by atoms with Crippen molar-refractivity contribution in [3.05, 3.63) is 47.7 Å². The smallest absolute Gasteiger partial charge is 0.332 e. The molecular formula is C14H17NO3. The average Bonchev–Trinajstić information content (AvgIpc) is 2.86. The summed E-state index contributed by atoms with van der Waals surface area (Å²) in [4.78, 5) is 13.4. The third kappa shape index (κ3) is 2.71. The highest BCUT2D eigenvalue weighted by molar-refractivity contribution is 5.82. The molecule has 1 aromatic carbocycles. The number of hydrogen-bond acceptors (Lipinski definition) is 4. The quantitative estimate of drug-likeness (QED) is 0.605. The molecule has 1 heterocycles. The summed E-state index contributed by atoms with van der Waals surface area (Å²) < 4.78 is 10.1. The Balaban J connectivity index is 2.17. The van der Waals surface area contributed by atoms with Crippen LogP contribution in [0.15, 0.2) is 42.1 Å². The molecule has 0 aromatic heterocycles. The van der Waals surface area contributed by atoms with Crippen LogP contribution in [0, 0.1) is 0 Å². The molecule has 0 aliphatic carbocycles. The summed E-state index contributed by atoms with van der Waals surface area (Å²) in [5.41, 5.74) is 2.05. The van der Waals surface area contributed by atoms with E-state index >= 15 is 0 Å². The minimum atomic E-state index is -0.347. The van der Waals surface area contributed by atoms with Crippen molar-refractivity contribution in [1.82, 2.24) is 4.90 Å². The van der Waals surface area contributed by atoms with E-state index in [2.05, 4.69) is 28.7 Å². The van der Waals surface area contributed by atoms with Crippen molar-refractivity contribution in [3.8, 4) is 0 Å². The van der Waals surface area contributed by atoms with Gasteiger partial charge in [-0.15, -0.1) is 0 Å². The Kier molecular flexibility index (Phi) is 3.99. The average molecular weight is 247 g/mol. The summed E-state index contributed by atoms with van der Waals surface area (Å²) >= 11 is 0. The van der Waals surface area contributed by atoms with Crippen LogP contribution in [-0.2, 0) is 14.3 Å². The van der Waals surface area contributed by atoms with E-state index in [0.717, 1.165) is 5.70 Å². The third-order valence-electron chi connectivity index (χ3n) is 3.08. The zero-order valence-electron chi connectivity index (χ0n) is 10.6. The molecule has 2 rings (SSSR count). The molecule has 0 N–H and O–H groups in total. The van der Waals surface area contributed by atoms with Crippen molar-refractivity contribution in [2.45, 2.75) is 13.0 Å². The van der Waals surface area contributed by atoms with Gasteiger partial charge in [0.15, 0.2) is 0 Å². The summed E-state index contributed by atoms with van der Waals surface area (Å²) in [6.45, 7) is 3.04. The first kappa shape index (κ1) is 12.6. The minimum absolute atomic E-state index is 0.171. The van der Waals surface area contributed by atoms with E-state index in [1.165, 1.54) is 18.7 Å². The van der Waals surface area contributed by atoms with E-state index in [1.807, 2.05) is 18.2 Å². The molecule has 4 nitrogen and oxygen atoms in total. The summed E-state index contributed by atoms with van der Waals surface area (Å²) in [5, 5.41) is 0. The Labute approximate surface area is 107 Å². The van der Waals surface area contributed by atoms with Crippen molar-refractivity contribution in [3.63, 3.8) is 0 Å². The molecule has 4 heteroatoms. The Morgan fingerprint density at radius 2 is 2.17 bits per heavy atom. The van der Waals surface area contributed by atoms with Crippen LogP contribution >= 0.6 is 0 Å². The number of hydrogen-bond donors (Lipinski definition) is 0. The topological polar surface area (TPSA) is 38.8 Å². The summed E-state index contributed by atoms with van der Waals surface area (Å²) in [6, 6.07) is 10.3. The molecule has 1 saturated heterocycles. The van der Waals surface area contributed by atoms with Gasteiger partial charge in [-0.1, -0.05) is 30.3 Å². The summed E-state index contributed by atoms with van der Waals surface area (Å²) in [6.07, 6.45) is 1.49. The number of nitrogens with zero attached hydrogens (tertiary/aromatic N) is 1. The molecule has 1 aliphatic heterocycles. The molecule has 1 fully saturated rings. The number of carbonyl (C=O) groups is 1. The molecule has 0 radical (unpaired) electrons. The van der Waals surface area contributed by atoms with Gasteiger partial charge in [-0.25, -0.2) is 4.79 Å². The van der Waals surface area contributed by atoms with Crippen molar-refractivity contribution >= 4 is 5.97 Å². The number of esters is 1. The lowest BCUT2D eigenvalue weighted by Crippen LogP contribution is -2.23. The van der Waals surface area contributed by atoms with Crippen LogP contribution in [0.1, 0.15) is 18.5 Å². The fourth-order valence-electron chi connectivity index (χ4n) is 2.01. The van der Waals surface area contributed by atoms with Crippen molar-refractivity contribution in [1.29, 1.82) is 0 Å². The zero-order valence-corrected chi connectivity index (χ0v) is 10.6. The summed E-state index contributed by atoms with van der Waals surface area (Å²) in [5.74, 6) is -0.347. The van der Waals surface area contributed by atoms with Gasteiger partial charge in [0.2, 0.25) is 0 Å². The first-order valence-electron chi connectivity index (χ1n) is 5.90. The maximum Gasteiger partial charge on any atom is 0.332 e. The Bertz CT molecular complexity index is 442. The van der Waals surface area contributed by atoms with E-state index in [9.17, 15) is 4.79 Å². The van der Waals surface area contributed by atoms with Crippen LogP contribution in [-0.4, -0.2) is 31.3 Å². The predicted molar refractivity (Wildman–Crippen MR) is 67.6 cm³/mol. The lowest BCUT2D eigenvalue weighted by Gasteiger charge is -2.26. The Morgan fingerprint density at radius 3 is 2.83 bits per heavy atom. The molecule has 18 heavy (non-hydrogen) atoms. The number of carbonyl (C=O) groups excluding carboxylic acids is 1. The number of rotatable bonds is 3. The first-order valence-corrected chi connectivity index (χ1v) is 5.90. The first-order chi connectivity index (χ1) is 8.72. The molecule has 0 unspecified atom stereocenters. The van der Waals surface area contributed by atoms with Crippen molar-refractivity contribution < 1.29 is 14.3 Å². The highest BCUT2D eigenvalue weighted by atomic mass is 16.5. The molecule has 96 valence electrons. The van der Waals surface area contributed by atoms with Gasteiger partial charge < -0.3 is 14.4 Å². The molecule has 1 atom stereocenters. The van der Waals surface area contributed by atoms with Gasteiger partial charge in [0.05, 0.1) is 19.8 Å². The lowest BCUT2D eigenvalue weighted by atomic mass is 10.1. The van der Waals surface area contributed by atoms with Gasteiger partial charge in [-0.2, -0.15) is 0 Å². The lowest BCUT2D eigenvalue weighted by molar-refractivity contribution is -0.135. The molecule has 0 amide bonds. The van der Waals surface area contributed by atoms with Gasteiger partial charge in [0.25, 0.3) is 0 Å². The highest BCUT2D eigenvalue weighted by Gasteiger charge is 2.24. The number of benzene rings is 1. The largest absolute Gasteiger partial charge is 0.466 e. The van der Waals surface area contributed by atoms with Crippen LogP contribution < -0.4 is 0 Å². The second kappa shape index (κ2) is 5.69. The maximum absolute atomic E-state index is 11.3. The molecule has 1 aliphatic rings. The second-order valence-electron chi connectivity index (χ2n) is 4.19. The van der Waals surface area contributed by atoms with E-state index in [0.29, 0.717) is 13.3 Å². The fourth-order valence-corrected chi connectivity index (χ4v) is 2.01. The molecule has 0 spiro atoms. The second-order valence-corrected chi connectivity index (χ2v) is 4.19. The molecule has 0 saturated carbocycles. The highest BCUT2D eigenvalue weighted by Crippen LogP contribution is 2.27. The van der Waals surface area contributed by atoms with Crippen molar-refractivity contribution in [2.75, 3.05) is 20.4 Å². The van der Waals surface area contributed by atoms with E-state index in [1.54, 1.807) is 0 Å². The normalized spacial score (nSPS) is 19.0. The number of methoxy groups -OCH3 is 1. The van der Waals surface area contributed by atoms with Crippen LogP contribution in [0.2, 0.25) is 0 Å². The Hall–Kier alpha value is -1.81. The molecule has 1 aromatic rings. The minimum Gasteiger partial charge on any atom is -0.466 e. The third-order valence-corrected chi connectivity index (χ3v) is 3.08. The van der Waals surface area contributed by atoms with Gasteiger partial charge in [0, 0.05) is 11.8 Å². The monoisotopic (exact) mass is 247 g/mol. The van der Waals surface area contributed by atoms with Gasteiger partial charge in [0.1, 0.15) is 6.73 Å². The maximum atomic E-state index is 11.3. The Morgan fingerprint density at radius 1 is 1.44 bits per heavy atom. The van der Waals surface area contributed by atoms with Gasteiger partial charge in [-0.05, 0) is 12.5 Å². The fraction of sp³-hybridized carbons (Fsp3) is 0.357. The summed E-state index contributed by atoms with van der Waals surface area (Å²) in [7, 11) is 1.38. The van der Waals surface area contributed by atoms with E-state index in [-0.39, 0.29) is 12.0 Å². The van der Waals surface area contributed by atoms with E-state index in [4.69, 9.17) is 4.74 Å². The van der Waals surface area contributed by atoms with Crippen LogP contribution in [0.4, 0.5) is 0 Å². The van der Waals surface area contributed by atoms with E-state index < -0.39 is 0 Å². The molecular weight excluding hydrogens is 230 g/mol. The molecule has 0 bridgehead atoms. The number of ether oxygens (including phenoxy) is 2. The standard InChI is InChI=1S/C14H17NO3/c1-11(12-6-4-3-5-7-12)15-10-18-9-13(15)8-14(16)17-2/h3-8,11H,9-10H2,1-2H3/b13-8+/t11-/m0/s1. The van der Waals surface area contributed by atoms with Gasteiger partial charge in [-0.3, -0.25) is 0 Å². The van der Waals surface area contributed by atoms with Crippen LogP contribution in [0.5, 0.6) is 0 Å². The van der Waals surface area contributed by atoms with Crippen molar-refractivity contribution in [2.24, 2.45) is 0 Å². The SMILES string of the molecule is COC(=O)/C=C1\COCN1[C@@H](C)c1ccccc1. The predicted octanol–water partition coefficient (Wildman–Crippen LogP) is 2.09. The van der Waals surface area contributed by atoms with Gasteiger partial charge >= 0.3 is 5.97 Å². The van der Waals surface area contributed by atoms with Crippen LogP contribution in [0.25, 0.3) is 0 Å².